The van der Waals surface area contributed by atoms with Crippen molar-refractivity contribution in [2.24, 2.45) is 11.7 Å². The number of carbonyl (C=O) groups excluding carboxylic acids is 2. The van der Waals surface area contributed by atoms with Gasteiger partial charge in [0.15, 0.2) is 0 Å². The van der Waals surface area contributed by atoms with Crippen molar-refractivity contribution in [3.8, 4) is 0 Å². The van der Waals surface area contributed by atoms with E-state index in [1.807, 2.05) is 0 Å². The van der Waals surface area contributed by atoms with Gasteiger partial charge in [-0.25, -0.2) is 4.79 Å². The van der Waals surface area contributed by atoms with Crippen molar-refractivity contribution in [2.75, 3.05) is 26.2 Å². The van der Waals surface area contributed by atoms with Crippen molar-refractivity contribution in [3.63, 3.8) is 0 Å². The van der Waals surface area contributed by atoms with E-state index < -0.39 is 12.1 Å². The maximum absolute atomic E-state index is 11.7. The smallest absolute Gasteiger partial charge is 0.312 e. The Kier molecular flexibility index (Phi) is 5.71. The predicted octanol–water partition coefficient (Wildman–Crippen LogP) is -1.87. The number of rotatable bonds is 5. The summed E-state index contributed by atoms with van der Waals surface area (Å²) in [6.45, 7) is 1.87. The van der Waals surface area contributed by atoms with Gasteiger partial charge in [0, 0.05) is 19.0 Å². The number of nitrogens with one attached hydrogen (secondary N) is 3. The molecule has 0 aromatic rings. The van der Waals surface area contributed by atoms with Crippen molar-refractivity contribution < 1.29 is 14.7 Å². The third-order valence-electron chi connectivity index (χ3n) is 2.73. The maximum Gasteiger partial charge on any atom is 0.312 e. The van der Waals surface area contributed by atoms with E-state index in [4.69, 9.17) is 5.73 Å². The average molecular weight is 244 g/mol. The van der Waals surface area contributed by atoms with Gasteiger partial charge in [0.2, 0.25) is 5.91 Å². The van der Waals surface area contributed by atoms with Crippen LogP contribution in [-0.2, 0) is 4.79 Å². The number of piperidine rings is 1. The van der Waals surface area contributed by atoms with Crippen molar-refractivity contribution >= 4 is 11.9 Å². The first kappa shape index (κ1) is 13.7. The fourth-order valence-electron chi connectivity index (χ4n) is 1.74. The van der Waals surface area contributed by atoms with Crippen LogP contribution in [0.15, 0.2) is 0 Å². The number of urea groups is 1. The SMILES string of the molecule is NC(=O)NCC(O)CNC(=O)C1CCNCC1. The lowest BCUT2D eigenvalue weighted by Gasteiger charge is -2.22. The molecule has 1 heterocycles. The van der Waals surface area contributed by atoms with Crippen LogP contribution in [0.4, 0.5) is 4.79 Å². The summed E-state index contributed by atoms with van der Waals surface area (Å²) in [5.74, 6) is -0.0165. The molecule has 0 saturated carbocycles. The number of nitrogens with two attached hydrogens (primary N) is 1. The molecule has 1 aliphatic rings. The summed E-state index contributed by atoms with van der Waals surface area (Å²) >= 11 is 0. The fourth-order valence-corrected chi connectivity index (χ4v) is 1.74. The maximum atomic E-state index is 11.7. The van der Waals surface area contributed by atoms with Crippen LogP contribution in [0.1, 0.15) is 12.8 Å². The third kappa shape index (κ3) is 5.50. The molecule has 1 saturated heterocycles. The molecule has 3 amide bonds. The Labute approximate surface area is 100 Å². The van der Waals surface area contributed by atoms with Gasteiger partial charge in [-0.05, 0) is 25.9 Å². The van der Waals surface area contributed by atoms with Crippen molar-refractivity contribution in [2.45, 2.75) is 18.9 Å². The summed E-state index contributed by atoms with van der Waals surface area (Å²) in [7, 11) is 0. The molecule has 1 unspecified atom stereocenters. The molecule has 0 aromatic carbocycles. The number of aliphatic hydroxyl groups is 1. The zero-order chi connectivity index (χ0) is 12.7. The summed E-state index contributed by atoms with van der Waals surface area (Å²) in [5, 5.41) is 17.6. The van der Waals surface area contributed by atoms with Gasteiger partial charge in [0.05, 0.1) is 6.10 Å². The number of hydrogen-bond acceptors (Lipinski definition) is 4. The number of carbonyl (C=O) groups is 2. The molecular formula is C10H20N4O3. The van der Waals surface area contributed by atoms with Crippen LogP contribution >= 0.6 is 0 Å². The molecule has 98 valence electrons. The average Bonchev–Trinajstić information content (AvgIpc) is 2.34. The molecule has 0 spiro atoms. The van der Waals surface area contributed by atoms with E-state index in [-0.39, 0.29) is 24.9 Å². The Morgan fingerprint density at radius 1 is 1.29 bits per heavy atom. The van der Waals surface area contributed by atoms with Crippen LogP contribution in [0.3, 0.4) is 0 Å². The second kappa shape index (κ2) is 7.08. The van der Waals surface area contributed by atoms with E-state index in [9.17, 15) is 14.7 Å². The molecule has 0 radical (unpaired) electrons. The van der Waals surface area contributed by atoms with Gasteiger partial charge in [-0.1, -0.05) is 0 Å². The van der Waals surface area contributed by atoms with Gasteiger partial charge in [0.1, 0.15) is 0 Å². The Morgan fingerprint density at radius 3 is 2.47 bits per heavy atom. The highest BCUT2D eigenvalue weighted by molar-refractivity contribution is 5.78. The van der Waals surface area contributed by atoms with E-state index in [0.29, 0.717) is 0 Å². The van der Waals surface area contributed by atoms with Gasteiger partial charge in [-0.15, -0.1) is 0 Å². The molecule has 0 aromatic heterocycles. The van der Waals surface area contributed by atoms with Crippen LogP contribution in [0, 0.1) is 5.92 Å². The zero-order valence-electron chi connectivity index (χ0n) is 9.74. The largest absolute Gasteiger partial charge is 0.389 e. The van der Waals surface area contributed by atoms with E-state index in [0.717, 1.165) is 25.9 Å². The number of aliphatic hydroxyl groups excluding tert-OH is 1. The van der Waals surface area contributed by atoms with Gasteiger partial charge >= 0.3 is 6.03 Å². The summed E-state index contributed by atoms with van der Waals surface area (Å²) < 4.78 is 0. The lowest BCUT2D eigenvalue weighted by Crippen LogP contribution is -2.44. The molecule has 1 fully saturated rings. The summed E-state index contributed by atoms with van der Waals surface area (Å²) in [5.41, 5.74) is 4.86. The van der Waals surface area contributed by atoms with Crippen LogP contribution < -0.4 is 21.7 Å². The topological polar surface area (TPSA) is 116 Å². The lowest BCUT2D eigenvalue weighted by atomic mass is 9.97. The van der Waals surface area contributed by atoms with Gasteiger partial charge in [-0.3, -0.25) is 4.79 Å². The monoisotopic (exact) mass is 244 g/mol. The minimum Gasteiger partial charge on any atom is -0.389 e. The van der Waals surface area contributed by atoms with Crippen molar-refractivity contribution in [1.29, 1.82) is 0 Å². The molecule has 0 aliphatic carbocycles. The van der Waals surface area contributed by atoms with Gasteiger partial charge in [0.25, 0.3) is 0 Å². The predicted molar refractivity (Wildman–Crippen MR) is 62.2 cm³/mol. The molecule has 6 N–H and O–H groups in total. The molecule has 0 bridgehead atoms. The van der Waals surface area contributed by atoms with Crippen LogP contribution in [0.25, 0.3) is 0 Å². The molecule has 7 heteroatoms. The third-order valence-corrected chi connectivity index (χ3v) is 2.73. The van der Waals surface area contributed by atoms with Crippen molar-refractivity contribution in [3.05, 3.63) is 0 Å². The van der Waals surface area contributed by atoms with Crippen LogP contribution in [0.2, 0.25) is 0 Å². The first-order chi connectivity index (χ1) is 8.09. The normalized spacial score (nSPS) is 18.4. The zero-order valence-corrected chi connectivity index (χ0v) is 9.74. The number of primary amides is 1. The standard InChI is InChI=1S/C10H20N4O3/c11-10(17)14-6-8(15)5-13-9(16)7-1-3-12-4-2-7/h7-8,12,15H,1-6H2,(H,13,16)(H3,11,14,17). The second-order valence-electron chi connectivity index (χ2n) is 4.17. The van der Waals surface area contributed by atoms with E-state index in [2.05, 4.69) is 16.0 Å². The Bertz CT molecular complexity index is 266. The van der Waals surface area contributed by atoms with E-state index >= 15 is 0 Å². The minimum atomic E-state index is -0.812. The molecule has 17 heavy (non-hydrogen) atoms. The number of amides is 3. The Hall–Kier alpha value is -1.34. The summed E-state index contributed by atoms with van der Waals surface area (Å²) in [4.78, 5) is 22.1. The van der Waals surface area contributed by atoms with Gasteiger partial charge in [-0.2, -0.15) is 0 Å². The molecule has 7 nitrogen and oxygen atoms in total. The summed E-state index contributed by atoms with van der Waals surface area (Å²) in [6.07, 6.45) is 0.830. The highest BCUT2D eigenvalue weighted by Gasteiger charge is 2.21. The van der Waals surface area contributed by atoms with E-state index in [1.165, 1.54) is 0 Å². The summed E-state index contributed by atoms with van der Waals surface area (Å²) in [6, 6.07) is -0.686. The van der Waals surface area contributed by atoms with Crippen LogP contribution in [-0.4, -0.2) is 49.3 Å². The molecule has 1 rings (SSSR count). The Balaban J connectivity index is 2.15. The quantitative estimate of drug-likeness (QED) is 0.389. The van der Waals surface area contributed by atoms with Gasteiger partial charge < -0.3 is 26.8 Å². The second-order valence-corrected chi connectivity index (χ2v) is 4.17. The molecular weight excluding hydrogens is 224 g/mol. The minimum absolute atomic E-state index is 0.0209. The van der Waals surface area contributed by atoms with Crippen LogP contribution in [0.5, 0.6) is 0 Å². The van der Waals surface area contributed by atoms with E-state index in [1.54, 1.807) is 0 Å². The van der Waals surface area contributed by atoms with Crippen molar-refractivity contribution in [1.82, 2.24) is 16.0 Å². The Morgan fingerprint density at radius 2 is 1.88 bits per heavy atom. The lowest BCUT2D eigenvalue weighted by molar-refractivity contribution is -0.126. The fraction of sp³-hybridized carbons (Fsp3) is 0.800. The highest BCUT2D eigenvalue weighted by Crippen LogP contribution is 2.10. The molecule has 1 atom stereocenters. The first-order valence-corrected chi connectivity index (χ1v) is 5.79. The molecule has 1 aliphatic heterocycles. The first-order valence-electron chi connectivity index (χ1n) is 5.79. The highest BCUT2D eigenvalue weighted by atomic mass is 16.3. The number of hydrogen-bond donors (Lipinski definition) is 5.